The number of benzene rings is 1. The molecule has 1 saturated heterocycles. The number of urea groups is 1. The minimum absolute atomic E-state index is 0.206. The van der Waals surface area contributed by atoms with E-state index in [1.54, 1.807) is 31.7 Å². The summed E-state index contributed by atoms with van der Waals surface area (Å²) in [5, 5.41) is 2.75. The van der Waals surface area contributed by atoms with Crippen LogP contribution in [0.4, 0.5) is 10.5 Å². The van der Waals surface area contributed by atoms with Crippen molar-refractivity contribution in [2.24, 2.45) is 0 Å². The maximum Gasteiger partial charge on any atom is 0.321 e. The molecule has 2 aliphatic heterocycles. The van der Waals surface area contributed by atoms with Crippen molar-refractivity contribution in [3.8, 4) is 0 Å². The van der Waals surface area contributed by atoms with Gasteiger partial charge in [0, 0.05) is 31.9 Å². The SMILES string of the molecule is CN1C(=O)c2ccc(NC(=O)N3CCC(NS(=O)(=O)C(C)(C)C)CC3)cc2C1=O. The maximum absolute atomic E-state index is 12.5. The van der Waals surface area contributed by atoms with Crippen molar-refractivity contribution < 1.29 is 22.8 Å². The summed E-state index contributed by atoms with van der Waals surface area (Å²) in [6.07, 6.45) is 1.04. The van der Waals surface area contributed by atoms with Gasteiger partial charge in [-0.2, -0.15) is 0 Å². The third kappa shape index (κ3) is 4.13. The lowest BCUT2D eigenvalue weighted by molar-refractivity contribution is 0.0693. The van der Waals surface area contributed by atoms with Gasteiger partial charge in [-0.05, 0) is 51.8 Å². The average molecular weight is 423 g/mol. The normalized spacial score (nSPS) is 18.2. The number of piperidine rings is 1. The Bertz CT molecular complexity index is 959. The molecular weight excluding hydrogens is 396 g/mol. The quantitative estimate of drug-likeness (QED) is 0.718. The minimum Gasteiger partial charge on any atom is -0.324 e. The largest absolute Gasteiger partial charge is 0.324 e. The highest BCUT2D eigenvalue weighted by atomic mass is 32.2. The number of likely N-dealkylation sites (tertiary alicyclic amines) is 1. The zero-order valence-electron chi connectivity index (χ0n) is 17.0. The summed E-state index contributed by atoms with van der Waals surface area (Å²) in [6, 6.07) is 4.09. The molecule has 0 atom stereocenters. The summed E-state index contributed by atoms with van der Waals surface area (Å²) >= 11 is 0. The van der Waals surface area contributed by atoms with Crippen LogP contribution in [0.5, 0.6) is 0 Å². The molecule has 1 aromatic carbocycles. The van der Waals surface area contributed by atoms with Crippen LogP contribution in [0, 0.1) is 0 Å². The number of hydrogen-bond acceptors (Lipinski definition) is 5. The molecule has 1 fully saturated rings. The first-order valence-electron chi connectivity index (χ1n) is 9.45. The van der Waals surface area contributed by atoms with Crippen LogP contribution in [-0.2, 0) is 10.0 Å². The zero-order valence-corrected chi connectivity index (χ0v) is 17.8. The van der Waals surface area contributed by atoms with Crippen LogP contribution in [-0.4, -0.2) is 67.0 Å². The van der Waals surface area contributed by atoms with Crippen LogP contribution in [0.1, 0.15) is 54.3 Å². The van der Waals surface area contributed by atoms with E-state index in [-0.39, 0.29) is 23.5 Å². The summed E-state index contributed by atoms with van der Waals surface area (Å²) in [4.78, 5) is 39.2. The lowest BCUT2D eigenvalue weighted by Gasteiger charge is -2.33. The summed E-state index contributed by atoms with van der Waals surface area (Å²) in [7, 11) is -2.02. The molecule has 158 valence electrons. The van der Waals surface area contributed by atoms with E-state index in [1.165, 1.54) is 19.2 Å². The second kappa shape index (κ2) is 7.42. The Balaban J connectivity index is 1.59. The van der Waals surface area contributed by atoms with Crippen LogP contribution in [0.2, 0.25) is 0 Å². The fraction of sp³-hybridized carbons (Fsp3) is 0.526. The molecule has 0 spiro atoms. The van der Waals surface area contributed by atoms with Gasteiger partial charge in [-0.1, -0.05) is 0 Å². The monoisotopic (exact) mass is 422 g/mol. The Labute approximate surface area is 170 Å². The first kappa shape index (κ1) is 21.3. The van der Waals surface area contributed by atoms with E-state index in [1.807, 2.05) is 0 Å². The minimum atomic E-state index is -3.44. The highest BCUT2D eigenvalue weighted by molar-refractivity contribution is 7.90. The van der Waals surface area contributed by atoms with Crippen molar-refractivity contribution in [1.82, 2.24) is 14.5 Å². The number of fused-ring (bicyclic) bond motifs is 1. The number of nitrogens with one attached hydrogen (secondary N) is 2. The smallest absolute Gasteiger partial charge is 0.321 e. The summed E-state index contributed by atoms with van der Waals surface area (Å²) in [6.45, 7) is 5.75. The standard InChI is InChI=1S/C19H26N4O5S/c1-19(2,3)29(27,28)21-12-7-9-23(10-8-12)18(26)20-13-5-6-14-15(11-13)17(25)22(4)16(14)24/h5-6,11-12,21H,7-10H2,1-4H3,(H,20,26). The molecule has 0 bridgehead atoms. The molecule has 0 saturated carbocycles. The number of hydrogen-bond donors (Lipinski definition) is 2. The molecule has 0 radical (unpaired) electrons. The van der Waals surface area contributed by atoms with Crippen LogP contribution in [0.3, 0.4) is 0 Å². The third-order valence-electron chi connectivity index (χ3n) is 5.25. The van der Waals surface area contributed by atoms with Gasteiger partial charge in [0.15, 0.2) is 0 Å². The van der Waals surface area contributed by atoms with Gasteiger partial charge < -0.3 is 10.2 Å². The van der Waals surface area contributed by atoms with E-state index in [9.17, 15) is 22.8 Å². The van der Waals surface area contributed by atoms with Crippen molar-refractivity contribution >= 4 is 33.6 Å². The summed E-state index contributed by atoms with van der Waals surface area (Å²) in [5.41, 5.74) is 1.02. The van der Waals surface area contributed by atoms with Crippen LogP contribution in [0.15, 0.2) is 18.2 Å². The zero-order chi connectivity index (χ0) is 21.6. The first-order chi connectivity index (χ1) is 13.4. The number of nitrogens with zero attached hydrogens (tertiary/aromatic N) is 2. The lowest BCUT2D eigenvalue weighted by atomic mass is 10.1. The first-order valence-corrected chi connectivity index (χ1v) is 10.9. The van der Waals surface area contributed by atoms with E-state index in [4.69, 9.17) is 0 Å². The molecule has 2 aliphatic rings. The molecule has 1 aromatic rings. The number of imide groups is 1. The highest BCUT2D eigenvalue weighted by Crippen LogP contribution is 2.25. The van der Waals surface area contributed by atoms with Gasteiger partial charge in [0.05, 0.1) is 15.9 Å². The Morgan fingerprint density at radius 1 is 1.07 bits per heavy atom. The third-order valence-corrected chi connectivity index (χ3v) is 7.51. The average Bonchev–Trinajstić information content (AvgIpc) is 2.85. The molecule has 0 aliphatic carbocycles. The maximum atomic E-state index is 12.5. The van der Waals surface area contributed by atoms with Crippen molar-refractivity contribution in [3.05, 3.63) is 29.3 Å². The number of amides is 4. The predicted octanol–water partition coefficient (Wildman–Crippen LogP) is 1.63. The number of anilines is 1. The Hall–Kier alpha value is -2.46. The molecular formula is C19H26N4O5S. The number of rotatable bonds is 3. The number of carbonyl (C=O) groups excluding carboxylic acids is 3. The van der Waals surface area contributed by atoms with Crippen LogP contribution >= 0.6 is 0 Å². The van der Waals surface area contributed by atoms with Gasteiger partial charge in [-0.15, -0.1) is 0 Å². The van der Waals surface area contributed by atoms with Crippen molar-refractivity contribution in [3.63, 3.8) is 0 Å². The summed E-state index contributed by atoms with van der Waals surface area (Å²) < 4.78 is 26.4. The van der Waals surface area contributed by atoms with E-state index < -0.39 is 20.7 Å². The van der Waals surface area contributed by atoms with Crippen molar-refractivity contribution in [1.29, 1.82) is 0 Å². The fourth-order valence-electron chi connectivity index (χ4n) is 3.24. The topological polar surface area (TPSA) is 116 Å². The van der Waals surface area contributed by atoms with Gasteiger partial charge >= 0.3 is 6.03 Å². The molecule has 0 aromatic heterocycles. The second-order valence-electron chi connectivity index (χ2n) is 8.35. The Morgan fingerprint density at radius 3 is 2.24 bits per heavy atom. The van der Waals surface area contributed by atoms with Crippen LogP contribution < -0.4 is 10.0 Å². The molecule has 2 heterocycles. The van der Waals surface area contributed by atoms with E-state index in [2.05, 4.69) is 10.0 Å². The van der Waals surface area contributed by atoms with E-state index in [0.29, 0.717) is 37.2 Å². The number of sulfonamides is 1. The van der Waals surface area contributed by atoms with Gasteiger partial charge in [0.2, 0.25) is 10.0 Å². The molecule has 2 N–H and O–H groups in total. The van der Waals surface area contributed by atoms with Gasteiger partial charge in [-0.25, -0.2) is 17.9 Å². The van der Waals surface area contributed by atoms with Crippen molar-refractivity contribution in [2.45, 2.75) is 44.4 Å². The predicted molar refractivity (Wildman–Crippen MR) is 108 cm³/mol. The molecule has 3 rings (SSSR count). The van der Waals surface area contributed by atoms with Gasteiger partial charge in [-0.3, -0.25) is 14.5 Å². The van der Waals surface area contributed by atoms with E-state index in [0.717, 1.165) is 4.90 Å². The van der Waals surface area contributed by atoms with Crippen LogP contribution in [0.25, 0.3) is 0 Å². The highest BCUT2D eigenvalue weighted by Gasteiger charge is 2.34. The molecule has 0 unspecified atom stereocenters. The number of carbonyl (C=O) groups is 3. The fourth-order valence-corrected chi connectivity index (χ4v) is 4.27. The Kier molecular flexibility index (Phi) is 5.44. The molecule has 29 heavy (non-hydrogen) atoms. The lowest BCUT2D eigenvalue weighted by Crippen LogP contribution is -2.50. The Morgan fingerprint density at radius 2 is 1.66 bits per heavy atom. The molecule has 10 heteroatoms. The van der Waals surface area contributed by atoms with E-state index >= 15 is 0 Å². The second-order valence-corrected chi connectivity index (χ2v) is 10.8. The van der Waals surface area contributed by atoms with Crippen molar-refractivity contribution in [2.75, 3.05) is 25.5 Å². The molecule has 9 nitrogen and oxygen atoms in total. The van der Waals surface area contributed by atoms with Gasteiger partial charge in [0.25, 0.3) is 11.8 Å². The molecule has 4 amide bonds. The van der Waals surface area contributed by atoms with Gasteiger partial charge in [0.1, 0.15) is 0 Å². The summed E-state index contributed by atoms with van der Waals surface area (Å²) in [5.74, 6) is -0.754.